The number of sulfone groups is 1. The quantitative estimate of drug-likeness (QED) is 0.217. The third-order valence-electron chi connectivity index (χ3n) is 19.0. The SMILES string of the molecule is CC(C)[C@@H]1CC[C@]2(NC[C@@H](N)CN3CCS(=O)(=O)CC3)CC[C@]3(C)[C@H](CC[C@@H]4[C@@]5(C)CC[C@H](OC(=O)[C@H]6C[C@@H](C(=O)O)C6(C)C)C(C)(C)[C@@H]5CC[C@]43C)[C@@H]12. The molecule has 0 aromatic heterocycles. The molecule has 7 rings (SSSR count). The van der Waals surface area contributed by atoms with Crippen LogP contribution in [-0.4, -0.2) is 85.7 Å². The monoisotopic (exact) mass is 774 g/mol. The van der Waals surface area contributed by atoms with E-state index in [2.05, 4.69) is 58.7 Å². The number of carboxylic acid groups (broad SMARTS) is 1. The Bertz CT molecular complexity index is 1570. The van der Waals surface area contributed by atoms with Gasteiger partial charge in [-0.1, -0.05) is 62.3 Å². The van der Waals surface area contributed by atoms with Crippen molar-refractivity contribution >= 4 is 21.8 Å². The second-order valence-corrected chi connectivity index (χ2v) is 24.5. The normalized spacial score (nSPS) is 46.9. The second kappa shape index (κ2) is 13.7. The van der Waals surface area contributed by atoms with Crippen LogP contribution in [0.3, 0.4) is 0 Å². The summed E-state index contributed by atoms with van der Waals surface area (Å²) in [7, 11) is -2.90. The van der Waals surface area contributed by atoms with Crippen molar-refractivity contribution in [3.8, 4) is 0 Å². The van der Waals surface area contributed by atoms with Crippen LogP contribution < -0.4 is 11.1 Å². The zero-order valence-electron chi connectivity index (χ0n) is 35.2. The van der Waals surface area contributed by atoms with Crippen molar-refractivity contribution in [1.29, 1.82) is 0 Å². The van der Waals surface area contributed by atoms with Gasteiger partial charge in [-0.2, -0.15) is 0 Å². The van der Waals surface area contributed by atoms with Crippen LogP contribution in [0.25, 0.3) is 0 Å². The molecule has 0 aromatic rings. The summed E-state index contributed by atoms with van der Waals surface area (Å²) in [6.07, 6.45) is 12.1. The molecule has 0 spiro atoms. The standard InChI is InChI=1S/C44H75N3O6S/c1-27(2)29-12-17-44(46-25-28(45)26-47-20-22-54(51,52)23-21-47)19-18-42(8)30(36(29)44)10-11-34-41(7)15-14-35(40(5,6)33(41)13-16-43(34,42)9)53-38(50)32-24-31(37(48)49)39(32,3)4/h27-36,46H,10-26,45H2,1-9H3,(H,48,49)/t28-,29+,30-,31+,32-,33+,34-,35+,36-,41+,42-,43-,44+/m1/s1. The Kier molecular flexibility index (Phi) is 10.4. The lowest BCUT2D eigenvalue weighted by Gasteiger charge is -2.73. The van der Waals surface area contributed by atoms with Gasteiger partial charge in [-0.25, -0.2) is 8.42 Å². The fourth-order valence-electron chi connectivity index (χ4n) is 15.5. The summed E-state index contributed by atoms with van der Waals surface area (Å²) in [5.74, 6) is 2.40. The van der Waals surface area contributed by atoms with Crippen LogP contribution >= 0.6 is 0 Å². The molecule has 0 aromatic carbocycles. The molecule has 1 saturated heterocycles. The number of rotatable bonds is 9. The summed E-state index contributed by atoms with van der Waals surface area (Å²) in [5, 5.41) is 13.9. The van der Waals surface area contributed by atoms with E-state index in [0.29, 0.717) is 55.0 Å². The lowest BCUT2D eigenvalue weighted by Crippen LogP contribution is -2.69. The lowest BCUT2D eigenvalue weighted by atomic mass is 9.32. The van der Waals surface area contributed by atoms with Gasteiger partial charge in [0.25, 0.3) is 0 Å². The fourth-order valence-corrected chi connectivity index (χ4v) is 16.8. The van der Waals surface area contributed by atoms with Gasteiger partial charge in [0.05, 0.1) is 23.3 Å². The zero-order valence-corrected chi connectivity index (χ0v) is 36.0. The van der Waals surface area contributed by atoms with Crippen molar-refractivity contribution in [3.05, 3.63) is 0 Å². The van der Waals surface area contributed by atoms with Gasteiger partial charge in [-0.15, -0.1) is 0 Å². The number of nitrogens with zero attached hydrogens (tertiary/aromatic N) is 1. The maximum absolute atomic E-state index is 13.6. The first-order valence-electron chi connectivity index (χ1n) is 21.9. The lowest BCUT2D eigenvalue weighted by molar-refractivity contribution is -0.249. The molecule has 13 atom stereocenters. The van der Waals surface area contributed by atoms with Gasteiger partial charge in [0.15, 0.2) is 9.84 Å². The Morgan fingerprint density at radius 1 is 0.833 bits per heavy atom. The summed E-state index contributed by atoms with van der Waals surface area (Å²) >= 11 is 0. The van der Waals surface area contributed by atoms with E-state index >= 15 is 0 Å². The maximum atomic E-state index is 13.6. The van der Waals surface area contributed by atoms with Crippen molar-refractivity contribution < 1.29 is 27.9 Å². The predicted molar refractivity (Wildman–Crippen MR) is 213 cm³/mol. The number of fused-ring (bicyclic) bond motifs is 7. The first kappa shape index (κ1) is 40.9. The van der Waals surface area contributed by atoms with E-state index in [-0.39, 0.29) is 62.7 Å². The molecular weight excluding hydrogens is 699 g/mol. The molecule has 6 aliphatic carbocycles. The molecule has 54 heavy (non-hydrogen) atoms. The highest BCUT2D eigenvalue weighted by molar-refractivity contribution is 7.91. The molecule has 4 N–H and O–H groups in total. The van der Waals surface area contributed by atoms with Gasteiger partial charge < -0.3 is 20.9 Å². The van der Waals surface area contributed by atoms with Crippen LogP contribution in [0, 0.1) is 74.4 Å². The molecule has 0 amide bonds. The topological polar surface area (TPSA) is 139 Å². The molecule has 6 saturated carbocycles. The van der Waals surface area contributed by atoms with E-state index in [0.717, 1.165) is 32.4 Å². The maximum Gasteiger partial charge on any atom is 0.309 e. The van der Waals surface area contributed by atoms with Gasteiger partial charge >= 0.3 is 11.9 Å². The number of esters is 1. The molecule has 1 aliphatic heterocycles. The molecule has 0 bridgehead atoms. The second-order valence-electron chi connectivity index (χ2n) is 22.2. The largest absolute Gasteiger partial charge is 0.481 e. The summed E-state index contributed by atoms with van der Waals surface area (Å²) in [5.41, 5.74) is 6.88. The number of nitrogens with two attached hydrogens (primary N) is 1. The minimum Gasteiger partial charge on any atom is -0.481 e. The number of ether oxygens (including phenoxy) is 1. The van der Waals surface area contributed by atoms with Crippen molar-refractivity contribution in [2.75, 3.05) is 37.7 Å². The Morgan fingerprint density at radius 3 is 2.15 bits per heavy atom. The van der Waals surface area contributed by atoms with Gasteiger partial charge in [0.2, 0.25) is 0 Å². The number of carboxylic acids is 1. The summed E-state index contributed by atoms with van der Waals surface area (Å²) < 4.78 is 30.5. The third-order valence-corrected chi connectivity index (χ3v) is 20.6. The molecule has 10 heteroatoms. The molecule has 7 fully saturated rings. The smallest absolute Gasteiger partial charge is 0.309 e. The van der Waals surface area contributed by atoms with Crippen molar-refractivity contribution in [2.24, 2.45) is 80.2 Å². The molecule has 0 radical (unpaired) electrons. The van der Waals surface area contributed by atoms with Gasteiger partial charge in [0.1, 0.15) is 6.10 Å². The number of carbonyl (C=O) groups excluding carboxylic acids is 1. The molecule has 9 nitrogen and oxygen atoms in total. The highest BCUT2D eigenvalue weighted by Crippen LogP contribution is 2.76. The minimum atomic E-state index is -2.90. The Labute approximate surface area is 327 Å². The average molecular weight is 774 g/mol. The van der Waals surface area contributed by atoms with E-state index < -0.39 is 27.1 Å². The third kappa shape index (κ3) is 6.26. The molecule has 1 heterocycles. The van der Waals surface area contributed by atoms with Gasteiger partial charge in [0, 0.05) is 43.2 Å². The number of hydrogen-bond donors (Lipinski definition) is 3. The van der Waals surface area contributed by atoms with Crippen LogP contribution in [0.15, 0.2) is 0 Å². The first-order valence-corrected chi connectivity index (χ1v) is 23.7. The van der Waals surface area contributed by atoms with Gasteiger partial charge in [-0.05, 0) is 128 Å². The van der Waals surface area contributed by atoms with Crippen molar-refractivity contribution in [1.82, 2.24) is 10.2 Å². The van der Waals surface area contributed by atoms with Crippen LogP contribution in [0.1, 0.15) is 133 Å². The van der Waals surface area contributed by atoms with Crippen molar-refractivity contribution in [2.45, 2.75) is 151 Å². The summed E-state index contributed by atoms with van der Waals surface area (Å²) in [6, 6.07) is -0.0182. The Morgan fingerprint density at radius 2 is 1.52 bits per heavy atom. The number of carbonyl (C=O) groups is 2. The Hall–Kier alpha value is -1.23. The average Bonchev–Trinajstić information content (AvgIpc) is 3.46. The van der Waals surface area contributed by atoms with Crippen LogP contribution in [0.2, 0.25) is 0 Å². The molecule has 308 valence electrons. The van der Waals surface area contributed by atoms with E-state index in [9.17, 15) is 23.1 Å². The van der Waals surface area contributed by atoms with E-state index in [1.54, 1.807) is 0 Å². The van der Waals surface area contributed by atoms with Crippen LogP contribution in [0.4, 0.5) is 0 Å². The first-order chi connectivity index (χ1) is 25.0. The molecule has 0 unspecified atom stereocenters. The molecular formula is C44H75N3O6S. The predicted octanol–water partition coefficient (Wildman–Crippen LogP) is 6.78. The fraction of sp³-hybridized carbons (Fsp3) is 0.955. The zero-order chi connectivity index (χ0) is 39.4. The van der Waals surface area contributed by atoms with E-state index in [1.165, 1.54) is 44.9 Å². The Balaban J connectivity index is 1.07. The minimum absolute atomic E-state index is 0.0182. The summed E-state index contributed by atoms with van der Waals surface area (Å²) in [6.45, 7) is 24.2. The number of aliphatic carboxylic acids is 1. The van der Waals surface area contributed by atoms with Crippen LogP contribution in [0.5, 0.6) is 0 Å². The van der Waals surface area contributed by atoms with Crippen molar-refractivity contribution in [3.63, 3.8) is 0 Å². The van der Waals surface area contributed by atoms with E-state index in [1.807, 2.05) is 13.8 Å². The highest BCUT2D eigenvalue weighted by atomic mass is 32.2. The highest BCUT2D eigenvalue weighted by Gasteiger charge is 2.71. The van der Waals surface area contributed by atoms with E-state index in [4.69, 9.17) is 10.5 Å². The molecule has 7 aliphatic rings. The number of nitrogens with one attached hydrogen (secondary N) is 1. The number of hydrogen-bond acceptors (Lipinski definition) is 8. The summed E-state index contributed by atoms with van der Waals surface area (Å²) in [4.78, 5) is 27.6. The van der Waals surface area contributed by atoms with Crippen LogP contribution in [-0.2, 0) is 24.2 Å². The van der Waals surface area contributed by atoms with Gasteiger partial charge in [-0.3, -0.25) is 14.5 Å².